The molecule has 148 valence electrons. The van der Waals surface area contributed by atoms with E-state index >= 15 is 0 Å². The number of alkyl halides is 3. The maximum absolute atomic E-state index is 12.6. The summed E-state index contributed by atoms with van der Waals surface area (Å²) in [6, 6.07) is 11.5. The molecule has 0 aliphatic heterocycles. The Hall–Kier alpha value is -3.03. The van der Waals surface area contributed by atoms with Gasteiger partial charge in [0, 0.05) is 12.2 Å². The SMILES string of the molecule is COc1ccc(CNC(=O)C2CC2C(=O)Nc2ccc(C(F)(F)F)cc2)cc1. The quantitative estimate of drug-likeness (QED) is 0.789. The fourth-order valence-electron chi connectivity index (χ4n) is 2.82. The number of amides is 2. The fraction of sp³-hybridized carbons (Fsp3) is 0.300. The van der Waals surface area contributed by atoms with E-state index in [0.717, 1.165) is 23.4 Å². The van der Waals surface area contributed by atoms with E-state index in [1.807, 2.05) is 12.1 Å². The number of ether oxygens (including phenoxy) is 1. The fourth-order valence-corrected chi connectivity index (χ4v) is 2.82. The summed E-state index contributed by atoms with van der Waals surface area (Å²) in [6.45, 7) is 0.340. The molecule has 2 amide bonds. The largest absolute Gasteiger partial charge is 0.497 e. The molecule has 3 rings (SSSR count). The standard InChI is InChI=1S/C20H19F3N2O3/c1-28-15-8-2-12(3-9-15)11-24-18(26)16-10-17(16)19(27)25-14-6-4-13(5-7-14)20(21,22)23/h2-9,16-17H,10-11H2,1H3,(H,24,26)(H,25,27). The van der Waals surface area contributed by atoms with Gasteiger partial charge in [0.25, 0.3) is 0 Å². The molecule has 0 spiro atoms. The summed E-state index contributed by atoms with van der Waals surface area (Å²) >= 11 is 0. The van der Waals surface area contributed by atoms with E-state index in [0.29, 0.717) is 13.0 Å². The Balaban J connectivity index is 1.47. The summed E-state index contributed by atoms with van der Waals surface area (Å²) in [5.74, 6) is -0.768. The van der Waals surface area contributed by atoms with Gasteiger partial charge in [0.15, 0.2) is 0 Å². The van der Waals surface area contributed by atoms with Crippen molar-refractivity contribution in [3.05, 3.63) is 59.7 Å². The first-order valence-corrected chi connectivity index (χ1v) is 8.66. The van der Waals surface area contributed by atoms with Crippen molar-refractivity contribution < 1.29 is 27.5 Å². The highest BCUT2D eigenvalue weighted by atomic mass is 19.4. The predicted octanol–water partition coefficient (Wildman–Crippen LogP) is 3.61. The second-order valence-corrected chi connectivity index (χ2v) is 6.58. The number of halogens is 3. The zero-order valence-electron chi connectivity index (χ0n) is 15.0. The van der Waals surface area contributed by atoms with Crippen LogP contribution >= 0.6 is 0 Å². The lowest BCUT2D eigenvalue weighted by atomic mass is 10.2. The van der Waals surface area contributed by atoms with E-state index in [1.54, 1.807) is 19.2 Å². The third kappa shape index (κ3) is 4.82. The Morgan fingerprint density at radius 2 is 1.61 bits per heavy atom. The van der Waals surface area contributed by atoms with Crippen LogP contribution in [0, 0.1) is 11.8 Å². The van der Waals surface area contributed by atoms with Gasteiger partial charge >= 0.3 is 6.18 Å². The van der Waals surface area contributed by atoms with Gasteiger partial charge in [0.2, 0.25) is 11.8 Å². The maximum Gasteiger partial charge on any atom is 0.416 e. The van der Waals surface area contributed by atoms with Crippen LogP contribution in [-0.2, 0) is 22.3 Å². The number of carbonyl (C=O) groups is 2. The Morgan fingerprint density at radius 3 is 2.18 bits per heavy atom. The Morgan fingerprint density at radius 1 is 1.00 bits per heavy atom. The first-order valence-electron chi connectivity index (χ1n) is 8.66. The highest BCUT2D eigenvalue weighted by Gasteiger charge is 2.47. The molecule has 8 heteroatoms. The molecular formula is C20H19F3N2O3. The van der Waals surface area contributed by atoms with Crippen LogP contribution in [0.3, 0.4) is 0 Å². The number of methoxy groups -OCH3 is 1. The van der Waals surface area contributed by atoms with Crippen LogP contribution < -0.4 is 15.4 Å². The summed E-state index contributed by atoms with van der Waals surface area (Å²) in [4.78, 5) is 24.4. The molecule has 2 N–H and O–H groups in total. The summed E-state index contributed by atoms with van der Waals surface area (Å²) in [6.07, 6.45) is -4.01. The molecule has 1 saturated carbocycles. The number of benzene rings is 2. The Kier molecular flexibility index (Phi) is 5.58. The van der Waals surface area contributed by atoms with Crippen molar-refractivity contribution in [1.82, 2.24) is 5.32 Å². The third-order valence-electron chi connectivity index (χ3n) is 4.57. The first-order chi connectivity index (χ1) is 13.3. The zero-order chi connectivity index (χ0) is 20.3. The minimum absolute atomic E-state index is 0.219. The minimum atomic E-state index is -4.42. The molecule has 1 aliphatic rings. The van der Waals surface area contributed by atoms with Crippen molar-refractivity contribution in [2.24, 2.45) is 11.8 Å². The number of hydrogen-bond donors (Lipinski definition) is 2. The van der Waals surface area contributed by atoms with Crippen LogP contribution in [0.1, 0.15) is 17.5 Å². The van der Waals surface area contributed by atoms with E-state index < -0.39 is 23.6 Å². The van der Waals surface area contributed by atoms with Crippen molar-refractivity contribution in [1.29, 1.82) is 0 Å². The molecule has 0 saturated heterocycles. The van der Waals surface area contributed by atoms with Gasteiger partial charge in [-0.2, -0.15) is 13.2 Å². The van der Waals surface area contributed by atoms with Gasteiger partial charge in [-0.1, -0.05) is 12.1 Å². The molecule has 5 nitrogen and oxygen atoms in total. The zero-order valence-corrected chi connectivity index (χ0v) is 15.0. The van der Waals surface area contributed by atoms with E-state index in [2.05, 4.69) is 10.6 Å². The Labute approximate surface area is 159 Å². The average Bonchev–Trinajstić information content (AvgIpc) is 3.47. The topological polar surface area (TPSA) is 67.4 Å². The average molecular weight is 392 g/mol. The molecule has 2 aromatic carbocycles. The number of nitrogens with one attached hydrogen (secondary N) is 2. The van der Waals surface area contributed by atoms with E-state index in [4.69, 9.17) is 4.74 Å². The minimum Gasteiger partial charge on any atom is -0.497 e. The summed E-state index contributed by atoms with van der Waals surface area (Å²) in [5, 5.41) is 5.34. The monoisotopic (exact) mass is 392 g/mol. The number of carbonyl (C=O) groups excluding carboxylic acids is 2. The molecule has 0 radical (unpaired) electrons. The van der Waals surface area contributed by atoms with Gasteiger partial charge < -0.3 is 15.4 Å². The molecule has 2 unspecified atom stereocenters. The summed E-state index contributed by atoms with van der Waals surface area (Å²) in [7, 11) is 1.57. The van der Waals surface area contributed by atoms with Crippen LogP contribution in [0.2, 0.25) is 0 Å². The summed E-state index contributed by atoms with van der Waals surface area (Å²) in [5.41, 5.74) is 0.385. The van der Waals surface area contributed by atoms with Crippen LogP contribution in [0.25, 0.3) is 0 Å². The van der Waals surface area contributed by atoms with Crippen molar-refractivity contribution in [2.45, 2.75) is 19.1 Å². The number of rotatable bonds is 6. The normalized spacial score (nSPS) is 18.3. The molecule has 0 aromatic heterocycles. The maximum atomic E-state index is 12.6. The Bertz CT molecular complexity index is 848. The van der Waals surface area contributed by atoms with E-state index in [9.17, 15) is 22.8 Å². The summed E-state index contributed by atoms with van der Waals surface area (Å²) < 4.78 is 42.7. The highest BCUT2D eigenvalue weighted by molar-refractivity contribution is 5.99. The van der Waals surface area contributed by atoms with Crippen molar-refractivity contribution in [3.63, 3.8) is 0 Å². The van der Waals surface area contributed by atoms with Crippen LogP contribution in [0.15, 0.2) is 48.5 Å². The molecule has 2 atom stereocenters. The molecule has 28 heavy (non-hydrogen) atoms. The lowest BCUT2D eigenvalue weighted by Crippen LogP contribution is -2.27. The van der Waals surface area contributed by atoms with Crippen LogP contribution in [-0.4, -0.2) is 18.9 Å². The van der Waals surface area contributed by atoms with Gasteiger partial charge in [0.05, 0.1) is 24.5 Å². The predicted molar refractivity (Wildman–Crippen MR) is 96.5 cm³/mol. The van der Waals surface area contributed by atoms with E-state index in [1.165, 1.54) is 12.1 Å². The van der Waals surface area contributed by atoms with Gasteiger partial charge in [-0.25, -0.2) is 0 Å². The van der Waals surface area contributed by atoms with Gasteiger partial charge in [-0.15, -0.1) is 0 Å². The lowest BCUT2D eigenvalue weighted by molar-refractivity contribution is -0.137. The third-order valence-corrected chi connectivity index (χ3v) is 4.57. The molecule has 1 aliphatic carbocycles. The smallest absolute Gasteiger partial charge is 0.416 e. The molecule has 2 aromatic rings. The molecule has 1 fully saturated rings. The second-order valence-electron chi connectivity index (χ2n) is 6.58. The van der Waals surface area contributed by atoms with Crippen molar-refractivity contribution >= 4 is 17.5 Å². The van der Waals surface area contributed by atoms with Crippen molar-refractivity contribution in [3.8, 4) is 5.75 Å². The van der Waals surface area contributed by atoms with Gasteiger partial charge in [0.1, 0.15) is 5.75 Å². The van der Waals surface area contributed by atoms with Crippen LogP contribution in [0.4, 0.5) is 18.9 Å². The molecule has 0 bridgehead atoms. The lowest BCUT2D eigenvalue weighted by Gasteiger charge is -2.09. The first kappa shape index (κ1) is 19.7. The highest BCUT2D eigenvalue weighted by Crippen LogP contribution is 2.39. The second kappa shape index (κ2) is 7.92. The van der Waals surface area contributed by atoms with Crippen molar-refractivity contribution in [2.75, 3.05) is 12.4 Å². The van der Waals surface area contributed by atoms with Crippen LogP contribution in [0.5, 0.6) is 5.75 Å². The number of anilines is 1. The number of hydrogen-bond acceptors (Lipinski definition) is 3. The molecule has 0 heterocycles. The van der Waals surface area contributed by atoms with Gasteiger partial charge in [-0.05, 0) is 48.4 Å². The molecular weight excluding hydrogens is 373 g/mol. The van der Waals surface area contributed by atoms with E-state index in [-0.39, 0.29) is 17.5 Å². The van der Waals surface area contributed by atoms with Gasteiger partial charge in [-0.3, -0.25) is 9.59 Å².